The molecule has 2 amide bonds. The van der Waals surface area contributed by atoms with Gasteiger partial charge in [-0.3, -0.25) is 9.59 Å². The van der Waals surface area contributed by atoms with Crippen molar-refractivity contribution in [3.63, 3.8) is 0 Å². The van der Waals surface area contributed by atoms with Gasteiger partial charge in [-0.15, -0.1) is 0 Å². The van der Waals surface area contributed by atoms with Gasteiger partial charge < -0.3 is 24.9 Å². The Balaban J connectivity index is 1.28. The van der Waals surface area contributed by atoms with Gasteiger partial charge in [-0.1, -0.05) is 5.16 Å². The van der Waals surface area contributed by atoms with Crippen molar-refractivity contribution in [2.75, 3.05) is 24.4 Å². The molecule has 0 spiro atoms. The smallest absolute Gasteiger partial charge is 0.247 e. The van der Waals surface area contributed by atoms with Crippen LogP contribution in [0.4, 0.5) is 20.2 Å². The standard InChI is InChI=1S/C28H26F2N6O5/c1-16(35-39-3)14-40-23-13-36-24(17(23)2)25(31-15-32-36)41-22-9-8-20(12-21(22)30)34-27(38)28(10-11-28)26(37)33-19-6-4-18(29)5-7-19/h4-9,12-13,15H,10-11,14H2,1-3H3,(H,33,37)(H,34,38)/b35-16-. The van der Waals surface area contributed by atoms with Gasteiger partial charge in [-0.05, 0) is 63.1 Å². The number of ether oxygens (including phenoxy) is 2. The van der Waals surface area contributed by atoms with Crippen LogP contribution in [0.5, 0.6) is 17.4 Å². The van der Waals surface area contributed by atoms with Crippen LogP contribution < -0.4 is 20.1 Å². The lowest BCUT2D eigenvalue weighted by atomic mass is 10.0. The molecular formula is C28H26F2N6O5. The molecule has 2 N–H and O–H groups in total. The van der Waals surface area contributed by atoms with Crippen LogP contribution in [-0.4, -0.2) is 45.8 Å². The quantitative estimate of drug-likeness (QED) is 0.160. The maximum Gasteiger partial charge on any atom is 0.247 e. The molecule has 212 valence electrons. The summed E-state index contributed by atoms with van der Waals surface area (Å²) < 4.78 is 41.3. The number of rotatable bonds is 10. The summed E-state index contributed by atoms with van der Waals surface area (Å²) >= 11 is 0. The average molecular weight is 565 g/mol. The largest absolute Gasteiger partial charge is 0.486 e. The number of aryl methyl sites for hydroxylation is 1. The van der Waals surface area contributed by atoms with Gasteiger partial charge >= 0.3 is 0 Å². The van der Waals surface area contributed by atoms with Gasteiger partial charge in [0.15, 0.2) is 11.6 Å². The van der Waals surface area contributed by atoms with Crippen molar-refractivity contribution in [3.8, 4) is 17.4 Å². The van der Waals surface area contributed by atoms with Crippen molar-refractivity contribution in [1.29, 1.82) is 0 Å². The number of halogens is 2. The Labute approximate surface area is 233 Å². The van der Waals surface area contributed by atoms with Crippen LogP contribution in [0.2, 0.25) is 0 Å². The lowest BCUT2D eigenvalue weighted by molar-refractivity contribution is -0.131. The maximum atomic E-state index is 15.1. The highest BCUT2D eigenvalue weighted by molar-refractivity contribution is 6.16. The zero-order chi connectivity index (χ0) is 29.1. The number of aromatic nitrogens is 3. The topological polar surface area (TPSA) is 128 Å². The molecule has 11 nitrogen and oxygen atoms in total. The Morgan fingerprint density at radius 3 is 2.39 bits per heavy atom. The normalized spacial score (nSPS) is 13.9. The van der Waals surface area contributed by atoms with E-state index in [0.717, 1.165) is 6.07 Å². The van der Waals surface area contributed by atoms with E-state index in [4.69, 9.17) is 14.3 Å². The highest BCUT2D eigenvalue weighted by atomic mass is 19.1. The third-order valence-corrected chi connectivity index (χ3v) is 6.55. The predicted octanol–water partition coefficient (Wildman–Crippen LogP) is 4.87. The summed E-state index contributed by atoms with van der Waals surface area (Å²) in [5.41, 5.74) is 1.00. The Kier molecular flexibility index (Phi) is 7.51. The van der Waals surface area contributed by atoms with Gasteiger partial charge in [0.25, 0.3) is 0 Å². The van der Waals surface area contributed by atoms with Gasteiger partial charge in [0.1, 0.15) is 42.5 Å². The minimum absolute atomic E-state index is 0.0970. The fourth-order valence-electron chi connectivity index (χ4n) is 4.17. The molecule has 0 atom stereocenters. The molecule has 13 heteroatoms. The summed E-state index contributed by atoms with van der Waals surface area (Å²) in [5, 5.41) is 13.2. The first-order valence-electron chi connectivity index (χ1n) is 12.6. The molecule has 1 aliphatic carbocycles. The van der Waals surface area contributed by atoms with E-state index in [-0.39, 0.29) is 23.9 Å². The number of nitrogens with one attached hydrogen (secondary N) is 2. The van der Waals surface area contributed by atoms with E-state index < -0.39 is 28.9 Å². The van der Waals surface area contributed by atoms with Crippen LogP contribution in [0.3, 0.4) is 0 Å². The van der Waals surface area contributed by atoms with Crippen molar-refractivity contribution < 1.29 is 32.7 Å². The number of amides is 2. The summed E-state index contributed by atoms with van der Waals surface area (Å²) in [4.78, 5) is 34.6. The first kappa shape index (κ1) is 27.5. The highest BCUT2D eigenvalue weighted by Crippen LogP contribution is 2.47. The minimum atomic E-state index is -1.28. The second kappa shape index (κ2) is 11.2. The number of fused-ring (bicyclic) bond motifs is 1. The number of oxime groups is 1. The Morgan fingerprint density at radius 1 is 1.05 bits per heavy atom. The molecule has 41 heavy (non-hydrogen) atoms. The van der Waals surface area contributed by atoms with Gasteiger partial charge in [-0.2, -0.15) is 10.1 Å². The number of carbonyl (C=O) groups is 2. The van der Waals surface area contributed by atoms with Crippen molar-refractivity contribution in [2.24, 2.45) is 10.6 Å². The van der Waals surface area contributed by atoms with E-state index in [1.807, 2.05) is 0 Å². The average Bonchev–Trinajstić information content (AvgIpc) is 3.70. The SMILES string of the molecule is CO/N=C(/C)COc1cn2ncnc(Oc3ccc(NC(=O)C4(C(=O)Nc5ccc(F)cc5)CC4)cc3F)c2c1C. The first-order chi connectivity index (χ1) is 19.7. The molecule has 5 rings (SSSR count). The highest BCUT2D eigenvalue weighted by Gasteiger charge is 2.56. The molecule has 0 bridgehead atoms. The molecule has 0 radical (unpaired) electrons. The van der Waals surface area contributed by atoms with Gasteiger partial charge in [0.05, 0.1) is 11.9 Å². The van der Waals surface area contributed by atoms with Crippen LogP contribution in [-0.2, 0) is 14.4 Å². The molecule has 4 aromatic rings. The van der Waals surface area contributed by atoms with Crippen LogP contribution in [0, 0.1) is 24.0 Å². The van der Waals surface area contributed by atoms with Crippen molar-refractivity contribution in [2.45, 2.75) is 26.7 Å². The molecule has 2 aromatic carbocycles. The van der Waals surface area contributed by atoms with E-state index in [9.17, 15) is 14.0 Å². The number of carbonyl (C=O) groups excluding carboxylic acids is 2. The summed E-state index contributed by atoms with van der Waals surface area (Å²) in [7, 11) is 1.44. The van der Waals surface area contributed by atoms with Crippen molar-refractivity contribution in [1.82, 2.24) is 14.6 Å². The van der Waals surface area contributed by atoms with Crippen LogP contribution in [0.15, 0.2) is 60.1 Å². The van der Waals surface area contributed by atoms with Crippen LogP contribution >= 0.6 is 0 Å². The minimum Gasteiger partial charge on any atom is -0.486 e. The lowest BCUT2D eigenvalue weighted by Gasteiger charge is -2.16. The van der Waals surface area contributed by atoms with Gasteiger partial charge in [-0.25, -0.2) is 13.3 Å². The Bertz CT molecular complexity index is 1650. The fraction of sp³-hybridized carbons (Fsp3) is 0.250. The number of hydrogen-bond donors (Lipinski definition) is 2. The van der Waals surface area contributed by atoms with Crippen molar-refractivity contribution in [3.05, 3.63) is 72.2 Å². The van der Waals surface area contributed by atoms with E-state index in [1.165, 1.54) is 54.4 Å². The predicted molar refractivity (Wildman–Crippen MR) is 145 cm³/mol. The summed E-state index contributed by atoms with van der Waals surface area (Å²) in [5.74, 6) is -1.80. The number of nitrogens with zero attached hydrogens (tertiary/aromatic N) is 4. The van der Waals surface area contributed by atoms with E-state index in [2.05, 4.69) is 25.9 Å². The summed E-state index contributed by atoms with van der Waals surface area (Å²) in [6.45, 7) is 3.73. The third-order valence-electron chi connectivity index (χ3n) is 6.55. The summed E-state index contributed by atoms with van der Waals surface area (Å²) in [6, 6.07) is 9.13. The molecule has 1 fully saturated rings. The number of anilines is 2. The van der Waals surface area contributed by atoms with Gasteiger partial charge in [0.2, 0.25) is 17.7 Å². The monoisotopic (exact) mass is 564 g/mol. The molecule has 0 saturated heterocycles. The van der Waals surface area contributed by atoms with Crippen LogP contribution in [0.1, 0.15) is 25.3 Å². The molecule has 2 aromatic heterocycles. The molecule has 0 unspecified atom stereocenters. The van der Waals surface area contributed by atoms with Gasteiger partial charge in [0, 0.05) is 23.0 Å². The molecule has 1 aliphatic rings. The van der Waals surface area contributed by atoms with Crippen molar-refractivity contribution >= 4 is 34.4 Å². The molecule has 0 aliphatic heterocycles. The summed E-state index contributed by atoms with van der Waals surface area (Å²) in [6.07, 6.45) is 3.58. The van der Waals surface area contributed by atoms with Crippen LogP contribution in [0.25, 0.3) is 5.52 Å². The zero-order valence-electron chi connectivity index (χ0n) is 22.4. The fourth-order valence-corrected chi connectivity index (χ4v) is 4.17. The number of benzene rings is 2. The maximum absolute atomic E-state index is 15.1. The Hall–Kier alpha value is -5.07. The molecule has 2 heterocycles. The molecule has 1 saturated carbocycles. The van der Waals surface area contributed by atoms with E-state index >= 15 is 4.39 Å². The zero-order valence-corrected chi connectivity index (χ0v) is 22.4. The Morgan fingerprint density at radius 2 is 1.73 bits per heavy atom. The van der Waals surface area contributed by atoms with E-state index in [1.54, 1.807) is 20.0 Å². The second-order valence-corrected chi connectivity index (χ2v) is 9.52. The molecular weight excluding hydrogens is 538 g/mol. The second-order valence-electron chi connectivity index (χ2n) is 9.52. The third kappa shape index (κ3) is 5.78. The number of hydrogen-bond acceptors (Lipinski definition) is 8. The van der Waals surface area contributed by atoms with E-state index in [0.29, 0.717) is 41.1 Å². The lowest BCUT2D eigenvalue weighted by Crippen LogP contribution is -2.35. The first-order valence-corrected chi connectivity index (χ1v) is 12.6.